The van der Waals surface area contributed by atoms with E-state index in [0.29, 0.717) is 5.82 Å². The molecule has 96 valence electrons. The van der Waals surface area contributed by atoms with Gasteiger partial charge in [0.2, 0.25) is 0 Å². The maximum atomic E-state index is 6.18. The molecule has 0 radical (unpaired) electrons. The van der Waals surface area contributed by atoms with Crippen LogP contribution >= 0.6 is 11.3 Å². The first kappa shape index (κ1) is 12.0. The van der Waals surface area contributed by atoms with Gasteiger partial charge in [-0.1, -0.05) is 29.8 Å². The number of aromatic nitrogens is 2. The normalized spacial score (nSPS) is 10.8. The Labute approximate surface area is 116 Å². The first-order valence-corrected chi connectivity index (χ1v) is 7.03. The SMILES string of the molecule is Cc1ccc(-c2c(-c3ccsc3)nn(C)c2N)cc1. The van der Waals surface area contributed by atoms with Crippen LogP contribution in [0.5, 0.6) is 0 Å². The molecule has 3 nitrogen and oxygen atoms in total. The number of benzene rings is 1. The molecular formula is C15H15N3S. The van der Waals surface area contributed by atoms with Crippen LogP contribution in [0.4, 0.5) is 5.82 Å². The van der Waals surface area contributed by atoms with Gasteiger partial charge in [-0.2, -0.15) is 16.4 Å². The van der Waals surface area contributed by atoms with Crippen molar-refractivity contribution in [1.82, 2.24) is 9.78 Å². The average Bonchev–Trinajstić information content (AvgIpc) is 3.01. The Bertz CT molecular complexity index is 694. The molecular weight excluding hydrogens is 254 g/mol. The van der Waals surface area contributed by atoms with Crippen LogP contribution in [0, 0.1) is 6.92 Å². The quantitative estimate of drug-likeness (QED) is 0.770. The third kappa shape index (κ3) is 2.04. The molecule has 1 aromatic carbocycles. The first-order chi connectivity index (χ1) is 9.16. The average molecular weight is 269 g/mol. The van der Waals surface area contributed by atoms with E-state index in [-0.39, 0.29) is 0 Å². The second kappa shape index (κ2) is 4.55. The van der Waals surface area contributed by atoms with Crippen LogP contribution in [-0.2, 0) is 7.05 Å². The van der Waals surface area contributed by atoms with Crippen LogP contribution in [-0.4, -0.2) is 9.78 Å². The fraction of sp³-hybridized carbons (Fsp3) is 0.133. The minimum Gasteiger partial charge on any atom is -0.383 e. The topological polar surface area (TPSA) is 43.8 Å². The molecule has 0 saturated heterocycles. The van der Waals surface area contributed by atoms with Crippen molar-refractivity contribution >= 4 is 17.2 Å². The number of nitrogens with zero attached hydrogens (tertiary/aromatic N) is 2. The van der Waals surface area contributed by atoms with E-state index in [0.717, 1.165) is 22.4 Å². The van der Waals surface area contributed by atoms with Gasteiger partial charge in [0.1, 0.15) is 11.5 Å². The molecule has 0 amide bonds. The maximum absolute atomic E-state index is 6.18. The highest BCUT2D eigenvalue weighted by atomic mass is 32.1. The second-order valence-corrected chi connectivity index (χ2v) is 5.39. The highest BCUT2D eigenvalue weighted by Gasteiger charge is 2.17. The monoisotopic (exact) mass is 269 g/mol. The largest absolute Gasteiger partial charge is 0.383 e. The summed E-state index contributed by atoms with van der Waals surface area (Å²) in [7, 11) is 1.88. The molecule has 2 aromatic heterocycles. The van der Waals surface area contributed by atoms with Crippen molar-refractivity contribution in [3.63, 3.8) is 0 Å². The molecule has 19 heavy (non-hydrogen) atoms. The lowest BCUT2D eigenvalue weighted by Gasteiger charge is -2.04. The molecule has 0 fully saturated rings. The van der Waals surface area contributed by atoms with Crippen molar-refractivity contribution in [2.24, 2.45) is 7.05 Å². The van der Waals surface area contributed by atoms with E-state index in [1.165, 1.54) is 5.56 Å². The van der Waals surface area contributed by atoms with Gasteiger partial charge >= 0.3 is 0 Å². The number of rotatable bonds is 2. The van der Waals surface area contributed by atoms with E-state index in [9.17, 15) is 0 Å². The summed E-state index contributed by atoms with van der Waals surface area (Å²) in [5.74, 6) is 0.699. The predicted molar refractivity (Wildman–Crippen MR) is 81.1 cm³/mol. The van der Waals surface area contributed by atoms with Crippen molar-refractivity contribution in [3.8, 4) is 22.4 Å². The molecule has 0 aliphatic rings. The summed E-state index contributed by atoms with van der Waals surface area (Å²) in [5.41, 5.74) is 11.6. The summed E-state index contributed by atoms with van der Waals surface area (Å²) < 4.78 is 1.74. The Morgan fingerprint density at radius 2 is 1.84 bits per heavy atom. The summed E-state index contributed by atoms with van der Waals surface area (Å²) in [6, 6.07) is 10.5. The van der Waals surface area contributed by atoms with Gasteiger partial charge in [0.25, 0.3) is 0 Å². The Morgan fingerprint density at radius 1 is 1.11 bits per heavy atom. The lowest BCUT2D eigenvalue weighted by atomic mass is 10.0. The molecule has 3 aromatic rings. The Balaban J connectivity index is 2.22. The van der Waals surface area contributed by atoms with Crippen LogP contribution in [0.2, 0.25) is 0 Å². The predicted octanol–water partition coefficient (Wildman–Crippen LogP) is 3.71. The van der Waals surface area contributed by atoms with Gasteiger partial charge in [0.15, 0.2) is 0 Å². The van der Waals surface area contributed by atoms with Gasteiger partial charge in [0.05, 0.1) is 5.56 Å². The smallest absolute Gasteiger partial charge is 0.129 e. The van der Waals surface area contributed by atoms with Gasteiger partial charge in [-0.3, -0.25) is 4.68 Å². The van der Waals surface area contributed by atoms with Crippen molar-refractivity contribution in [2.75, 3.05) is 5.73 Å². The van der Waals surface area contributed by atoms with Crippen molar-refractivity contribution < 1.29 is 0 Å². The van der Waals surface area contributed by atoms with Gasteiger partial charge < -0.3 is 5.73 Å². The van der Waals surface area contributed by atoms with Gasteiger partial charge in [-0.25, -0.2) is 0 Å². The number of aryl methyl sites for hydroxylation is 2. The molecule has 3 rings (SSSR count). The summed E-state index contributed by atoms with van der Waals surface area (Å²) in [6.45, 7) is 2.08. The molecule has 0 atom stereocenters. The number of nitrogens with two attached hydrogens (primary N) is 1. The highest BCUT2D eigenvalue weighted by Crippen LogP contribution is 2.36. The molecule has 0 unspecified atom stereocenters. The number of nitrogen functional groups attached to an aromatic ring is 1. The summed E-state index contributed by atoms with van der Waals surface area (Å²) in [5, 5.41) is 8.70. The van der Waals surface area contributed by atoms with Crippen LogP contribution in [0.25, 0.3) is 22.4 Å². The zero-order valence-electron chi connectivity index (χ0n) is 10.9. The lowest BCUT2D eigenvalue weighted by molar-refractivity contribution is 0.782. The van der Waals surface area contributed by atoms with E-state index in [1.54, 1.807) is 16.0 Å². The number of hydrogen-bond acceptors (Lipinski definition) is 3. The fourth-order valence-corrected chi connectivity index (χ4v) is 2.78. The van der Waals surface area contributed by atoms with E-state index >= 15 is 0 Å². The summed E-state index contributed by atoms with van der Waals surface area (Å²) in [6.07, 6.45) is 0. The Kier molecular flexibility index (Phi) is 2.87. The van der Waals surface area contributed by atoms with Gasteiger partial charge in [-0.05, 0) is 23.9 Å². The van der Waals surface area contributed by atoms with Crippen molar-refractivity contribution in [1.29, 1.82) is 0 Å². The standard InChI is InChI=1S/C15H15N3S/c1-10-3-5-11(6-4-10)13-14(12-7-8-19-9-12)17-18(2)15(13)16/h3-9H,16H2,1-2H3. The minimum atomic E-state index is 0.699. The third-order valence-electron chi connectivity index (χ3n) is 3.23. The van der Waals surface area contributed by atoms with E-state index in [2.05, 4.69) is 53.1 Å². The zero-order valence-corrected chi connectivity index (χ0v) is 11.7. The van der Waals surface area contributed by atoms with Crippen molar-refractivity contribution in [2.45, 2.75) is 6.92 Å². The molecule has 2 N–H and O–H groups in total. The second-order valence-electron chi connectivity index (χ2n) is 4.61. The molecule has 0 bridgehead atoms. The lowest BCUT2D eigenvalue weighted by Crippen LogP contribution is -1.97. The number of thiophene rings is 1. The van der Waals surface area contributed by atoms with Crippen LogP contribution in [0.1, 0.15) is 5.56 Å². The van der Waals surface area contributed by atoms with Crippen LogP contribution in [0.3, 0.4) is 0 Å². The highest BCUT2D eigenvalue weighted by molar-refractivity contribution is 7.08. The third-order valence-corrected chi connectivity index (χ3v) is 3.91. The van der Waals surface area contributed by atoms with Crippen LogP contribution in [0.15, 0.2) is 41.1 Å². The number of anilines is 1. The number of hydrogen-bond donors (Lipinski definition) is 1. The molecule has 4 heteroatoms. The Hall–Kier alpha value is -2.07. The van der Waals surface area contributed by atoms with E-state index in [1.807, 2.05) is 7.05 Å². The van der Waals surface area contributed by atoms with Gasteiger partial charge in [-0.15, -0.1) is 0 Å². The summed E-state index contributed by atoms with van der Waals surface area (Å²) >= 11 is 1.67. The minimum absolute atomic E-state index is 0.699. The zero-order chi connectivity index (χ0) is 13.4. The molecule has 0 spiro atoms. The van der Waals surface area contributed by atoms with E-state index < -0.39 is 0 Å². The van der Waals surface area contributed by atoms with Crippen molar-refractivity contribution in [3.05, 3.63) is 46.7 Å². The molecule has 0 saturated carbocycles. The first-order valence-electron chi connectivity index (χ1n) is 6.09. The van der Waals surface area contributed by atoms with E-state index in [4.69, 9.17) is 5.73 Å². The molecule has 0 aliphatic carbocycles. The summed E-state index contributed by atoms with van der Waals surface area (Å²) in [4.78, 5) is 0. The maximum Gasteiger partial charge on any atom is 0.129 e. The fourth-order valence-electron chi connectivity index (χ4n) is 2.14. The van der Waals surface area contributed by atoms with Crippen LogP contribution < -0.4 is 5.73 Å². The molecule has 0 aliphatic heterocycles. The Morgan fingerprint density at radius 3 is 2.47 bits per heavy atom. The van der Waals surface area contributed by atoms with Gasteiger partial charge in [0, 0.05) is 18.0 Å². The molecule has 2 heterocycles.